The number of thiazole rings is 2. The number of ether oxygens (including phenoxy) is 2. The van der Waals surface area contributed by atoms with Crippen LogP contribution in [0.4, 0.5) is 26.9 Å². The Morgan fingerprint density at radius 1 is 0.646 bits per heavy atom. The highest BCUT2D eigenvalue weighted by Gasteiger charge is 2.30. The first-order valence-electron chi connectivity index (χ1n) is 26.8. The number of amides is 2. The van der Waals surface area contributed by atoms with Crippen molar-refractivity contribution in [3.63, 3.8) is 0 Å². The van der Waals surface area contributed by atoms with Gasteiger partial charge in [-0.3, -0.25) is 0 Å². The molecular weight excluding hydrogens is 1150 g/mol. The smallest absolute Gasteiger partial charge is 0.407 e. The van der Waals surface area contributed by atoms with Crippen molar-refractivity contribution in [3.05, 3.63) is 88.3 Å². The Morgan fingerprint density at radius 2 is 1.09 bits per heavy atom. The summed E-state index contributed by atoms with van der Waals surface area (Å²) in [5.41, 5.74) is 7.47. The van der Waals surface area contributed by atoms with Crippen LogP contribution in [-0.2, 0) is 29.5 Å². The molecule has 2 fully saturated rings. The number of hydrogen-bond donors (Lipinski definition) is 6. The zero-order chi connectivity index (χ0) is 57.6. The molecule has 2 amide bonds. The number of sulfonamides is 2. The van der Waals surface area contributed by atoms with E-state index in [-0.39, 0.29) is 64.8 Å². The van der Waals surface area contributed by atoms with Gasteiger partial charge in [0.05, 0.1) is 66.8 Å². The van der Waals surface area contributed by atoms with Crippen LogP contribution >= 0.6 is 38.6 Å². The van der Waals surface area contributed by atoms with Crippen molar-refractivity contribution in [2.45, 2.75) is 179 Å². The van der Waals surface area contributed by atoms with E-state index in [2.05, 4.69) is 89.0 Å². The first kappa shape index (κ1) is 62.8. The van der Waals surface area contributed by atoms with E-state index in [1.54, 1.807) is 63.4 Å². The Hall–Kier alpha value is -5.44. The fourth-order valence-corrected chi connectivity index (χ4v) is 14.7. The normalized spacial score (nSPS) is 17.7. The highest BCUT2D eigenvalue weighted by atomic mass is 79.9. The van der Waals surface area contributed by atoms with Crippen LogP contribution in [0.25, 0.3) is 20.9 Å². The van der Waals surface area contributed by atoms with Crippen molar-refractivity contribution < 1.29 is 35.9 Å². The Labute approximate surface area is 482 Å². The number of imidazole rings is 2. The number of hydrogen-bond acceptors (Lipinski definition) is 16. The molecule has 8 rings (SSSR count). The van der Waals surface area contributed by atoms with Gasteiger partial charge >= 0.3 is 12.2 Å². The zero-order valence-corrected chi connectivity index (χ0v) is 51.5. The lowest BCUT2D eigenvalue weighted by atomic mass is 9.86. The fraction of sp³-hybridized carbons (Fsp3) is 0.519. The lowest BCUT2D eigenvalue weighted by molar-refractivity contribution is 0.108. The van der Waals surface area contributed by atoms with Crippen molar-refractivity contribution in [3.8, 4) is 20.9 Å². The van der Waals surface area contributed by atoms with Crippen molar-refractivity contribution >= 4 is 88.2 Å². The van der Waals surface area contributed by atoms with Gasteiger partial charge in [-0.25, -0.2) is 55.8 Å². The summed E-state index contributed by atoms with van der Waals surface area (Å²) in [6.45, 7) is 19.7. The highest BCUT2D eigenvalue weighted by Crippen LogP contribution is 2.42. The Morgan fingerprint density at radius 3 is 1.51 bits per heavy atom. The molecule has 0 radical (unpaired) electrons. The summed E-state index contributed by atoms with van der Waals surface area (Å²) in [5.74, 6) is 2.09. The lowest BCUT2D eigenvalue weighted by Gasteiger charge is -2.28. The van der Waals surface area contributed by atoms with Crippen LogP contribution in [-0.4, -0.2) is 95.5 Å². The molecule has 432 valence electrons. The summed E-state index contributed by atoms with van der Waals surface area (Å²) in [4.78, 5) is 43.3. The monoisotopic (exact) mass is 1230 g/mol. The van der Waals surface area contributed by atoms with Crippen LogP contribution in [0.15, 0.2) is 88.1 Å². The number of carbonyl (C=O) groups is 2. The summed E-state index contributed by atoms with van der Waals surface area (Å²) in [7, 11) is -7.35. The maximum Gasteiger partial charge on any atom is 0.407 e. The average molecular weight is 1230 g/mol. The Kier molecular flexibility index (Phi) is 22.9. The molecule has 0 aliphatic heterocycles. The molecule has 4 aromatic heterocycles. The third-order valence-electron chi connectivity index (χ3n) is 13.0. The first-order valence-corrected chi connectivity index (χ1v) is 32.2. The van der Waals surface area contributed by atoms with E-state index in [1.807, 2.05) is 61.1 Å². The molecule has 0 unspecified atom stereocenters. The van der Waals surface area contributed by atoms with Gasteiger partial charge in [-0.15, -0.1) is 22.7 Å². The van der Waals surface area contributed by atoms with Crippen molar-refractivity contribution in [1.82, 2.24) is 49.1 Å². The van der Waals surface area contributed by atoms with Gasteiger partial charge in [0.25, 0.3) is 0 Å². The summed E-state index contributed by atoms with van der Waals surface area (Å²) in [6.07, 6.45) is 16.4. The van der Waals surface area contributed by atoms with E-state index >= 15 is 0 Å². The summed E-state index contributed by atoms with van der Waals surface area (Å²) in [5, 5.41) is 11.2. The number of nitrogen functional groups attached to an aromatic ring is 1. The number of nitrogens with two attached hydrogens (primary N) is 1. The predicted octanol–water partition coefficient (Wildman–Crippen LogP) is 11.9. The second-order valence-corrected chi connectivity index (χ2v) is 27.0. The molecule has 4 heterocycles. The van der Waals surface area contributed by atoms with Crippen molar-refractivity contribution in [2.24, 2.45) is 0 Å². The Balaban J connectivity index is 0.000000224. The van der Waals surface area contributed by atoms with E-state index in [0.29, 0.717) is 39.8 Å². The summed E-state index contributed by atoms with van der Waals surface area (Å²) in [6, 6.07) is 11.5. The minimum atomic E-state index is -3.75. The largest absolute Gasteiger partial charge is 0.447 e. The van der Waals surface area contributed by atoms with Gasteiger partial charge in [-0.2, -0.15) is 0 Å². The number of carbonyl (C=O) groups excluding carboxylic acids is 2. The SMILES string of the molecule is CC(C)n1cncc1N.CCNS(=O)(=O)c1cc(Br)ccc1-c1cnc(C2CCC(NC(=O)OC(C)C)CC2)s1.CCNS(=O)(=O)c1cc(Nc2cncn2C(C)C)ccc1-c1cnc(C2CCC(NC(=O)OC(C)C)CC2)s1. The number of benzene rings is 2. The molecule has 0 atom stereocenters. The molecule has 20 nitrogen and oxygen atoms in total. The average Bonchev–Trinajstić information content (AvgIpc) is 4.28. The van der Waals surface area contributed by atoms with E-state index in [4.69, 9.17) is 15.2 Å². The number of rotatable bonds is 18. The van der Waals surface area contributed by atoms with Gasteiger partial charge in [-0.1, -0.05) is 41.9 Å². The predicted molar refractivity (Wildman–Crippen MR) is 317 cm³/mol. The molecule has 0 spiro atoms. The van der Waals surface area contributed by atoms with Crippen LogP contribution in [0.3, 0.4) is 0 Å². The van der Waals surface area contributed by atoms with Crippen LogP contribution in [0.1, 0.15) is 155 Å². The Bertz CT molecular complexity index is 3160. The molecule has 2 aliphatic rings. The molecule has 7 N–H and O–H groups in total. The second kappa shape index (κ2) is 28.8. The molecule has 2 saturated carbocycles. The van der Waals surface area contributed by atoms with Crippen LogP contribution in [0.2, 0.25) is 0 Å². The number of halogens is 1. The van der Waals surface area contributed by atoms with Crippen molar-refractivity contribution in [2.75, 3.05) is 24.1 Å². The molecule has 2 aromatic carbocycles. The van der Waals surface area contributed by atoms with Crippen molar-refractivity contribution in [1.29, 1.82) is 0 Å². The maximum absolute atomic E-state index is 13.2. The summed E-state index contributed by atoms with van der Waals surface area (Å²) < 4.78 is 72.0. The highest BCUT2D eigenvalue weighted by molar-refractivity contribution is 9.10. The minimum absolute atomic E-state index is 0.0934. The van der Waals surface area contributed by atoms with E-state index in [9.17, 15) is 26.4 Å². The van der Waals surface area contributed by atoms with E-state index in [1.165, 1.54) is 22.7 Å². The number of anilines is 3. The molecule has 0 bridgehead atoms. The van der Waals surface area contributed by atoms with E-state index < -0.39 is 20.0 Å². The molecule has 79 heavy (non-hydrogen) atoms. The van der Waals surface area contributed by atoms with Gasteiger partial charge < -0.3 is 40.3 Å². The van der Waals surface area contributed by atoms with E-state index in [0.717, 1.165) is 82.8 Å². The summed E-state index contributed by atoms with van der Waals surface area (Å²) >= 11 is 6.44. The molecular formula is C54H77BrN12O8S4. The molecule has 0 saturated heterocycles. The standard InChI is InChI=1S/C27H38N6O4S2.C21H28BrN3O4S2.C6H11N3/c1-6-30-39(35,36)24-13-21(31-25-15-28-16-33(25)17(2)3)11-12-22(24)23-14-29-26(38-23)19-7-9-20(10-8-19)32-27(34)37-18(4)5;1-4-24-31(27,28)19-11-15(22)7-10-17(19)18-12-23-20(30-18)14-5-8-16(9-6-14)25-21(26)29-13(2)3;1-5(2)9-4-8-3-6(9)7/h11-20,30-31H,6-10H2,1-5H3,(H,32,34);7,10-14,16,24H,4-6,8-9H2,1-3H3,(H,25,26);3-5H,7H2,1-2H3. The molecule has 6 aromatic rings. The van der Waals surface area contributed by atoms with Gasteiger partial charge in [0.15, 0.2) is 0 Å². The fourth-order valence-electron chi connectivity index (χ4n) is 9.19. The topological polar surface area (TPSA) is 268 Å². The van der Waals surface area contributed by atoms with Crippen LogP contribution < -0.4 is 31.1 Å². The first-order chi connectivity index (χ1) is 37.5. The van der Waals surface area contributed by atoms with Crippen LogP contribution in [0, 0.1) is 0 Å². The number of nitrogens with one attached hydrogen (secondary N) is 5. The van der Waals surface area contributed by atoms with Gasteiger partial charge in [0, 0.05) is 82.8 Å². The van der Waals surface area contributed by atoms with Crippen LogP contribution in [0.5, 0.6) is 0 Å². The zero-order valence-electron chi connectivity index (χ0n) is 46.7. The number of aromatic nitrogens is 6. The minimum Gasteiger partial charge on any atom is -0.447 e. The second-order valence-electron chi connectivity index (χ2n) is 20.5. The lowest BCUT2D eigenvalue weighted by Crippen LogP contribution is -2.38. The third kappa shape index (κ3) is 17.8. The quantitative estimate of drug-likeness (QED) is 0.0467. The third-order valence-corrected chi connectivity index (χ3v) is 19.0. The van der Waals surface area contributed by atoms with Gasteiger partial charge in [0.2, 0.25) is 20.0 Å². The maximum atomic E-state index is 13.2. The van der Waals surface area contributed by atoms with Gasteiger partial charge in [-0.05, 0) is 131 Å². The van der Waals surface area contributed by atoms with Gasteiger partial charge in [0.1, 0.15) is 11.6 Å². The number of nitrogens with zero attached hydrogens (tertiary/aromatic N) is 6. The molecule has 25 heteroatoms. The molecule has 2 aliphatic carbocycles. The number of alkyl carbamates (subject to hydrolysis) is 2.